The van der Waals surface area contributed by atoms with E-state index in [1.165, 1.54) is 7.05 Å². The molecule has 1 saturated carbocycles. The van der Waals surface area contributed by atoms with Crippen molar-refractivity contribution >= 4 is 40.3 Å². The van der Waals surface area contributed by atoms with Gasteiger partial charge >= 0.3 is 6.09 Å². The molecular formula is C25H24ClN5O3. The van der Waals surface area contributed by atoms with Gasteiger partial charge in [0.2, 0.25) is 5.91 Å². The number of unbranched alkanes of at least 4 members (excludes halogenated alkanes) is 1. The van der Waals surface area contributed by atoms with Gasteiger partial charge in [-0.1, -0.05) is 29.8 Å². The highest BCUT2D eigenvalue weighted by Gasteiger charge is 2.59. The molecule has 34 heavy (non-hydrogen) atoms. The molecule has 174 valence electrons. The van der Waals surface area contributed by atoms with E-state index in [0.29, 0.717) is 43.8 Å². The minimum atomic E-state index is -0.684. The fourth-order valence-corrected chi connectivity index (χ4v) is 5.31. The molecular weight excluding hydrogens is 454 g/mol. The number of rotatable bonds is 6. The van der Waals surface area contributed by atoms with E-state index in [2.05, 4.69) is 16.0 Å². The summed E-state index contributed by atoms with van der Waals surface area (Å²) in [7, 11) is 1.52. The molecule has 2 amide bonds. The summed E-state index contributed by atoms with van der Waals surface area (Å²) in [6, 6.07) is 15.5. The lowest BCUT2D eigenvalue weighted by Gasteiger charge is -2.43. The van der Waals surface area contributed by atoms with Crippen LogP contribution in [0.3, 0.4) is 0 Å². The predicted octanol–water partition coefficient (Wildman–Crippen LogP) is 4.30. The van der Waals surface area contributed by atoms with Crippen LogP contribution < -0.4 is 10.2 Å². The molecule has 0 bridgehead atoms. The third-order valence-electron chi connectivity index (χ3n) is 6.75. The van der Waals surface area contributed by atoms with Crippen LogP contribution in [0.1, 0.15) is 37.1 Å². The molecule has 1 aliphatic carbocycles. The minimum Gasteiger partial charge on any atom is -0.446 e. The monoisotopic (exact) mass is 477 g/mol. The van der Waals surface area contributed by atoms with Crippen LogP contribution in [-0.4, -0.2) is 34.7 Å². The summed E-state index contributed by atoms with van der Waals surface area (Å²) in [4.78, 5) is 32.0. The van der Waals surface area contributed by atoms with Crippen molar-refractivity contribution in [1.29, 1.82) is 5.26 Å². The molecule has 1 spiro atoms. The normalized spacial score (nSPS) is 20.8. The molecule has 2 aromatic carbocycles. The highest BCUT2D eigenvalue weighted by molar-refractivity contribution is 6.31. The van der Waals surface area contributed by atoms with Crippen molar-refractivity contribution < 1.29 is 14.3 Å². The Morgan fingerprint density at radius 1 is 1.32 bits per heavy atom. The first-order valence-electron chi connectivity index (χ1n) is 11.3. The number of ether oxygens (including phenoxy) is 1. The summed E-state index contributed by atoms with van der Waals surface area (Å²) in [6.07, 6.45) is 1.26. The Bertz CT molecular complexity index is 1320. The number of fused-ring (bicyclic) bond motifs is 3. The molecule has 1 aromatic heterocycles. The zero-order chi connectivity index (χ0) is 23.9. The summed E-state index contributed by atoms with van der Waals surface area (Å²) in [5.74, 6) is 0.743. The Morgan fingerprint density at radius 3 is 2.88 bits per heavy atom. The fourth-order valence-electron chi connectivity index (χ4n) is 5.14. The number of para-hydroxylation sites is 1. The molecule has 0 unspecified atom stereocenters. The van der Waals surface area contributed by atoms with Gasteiger partial charge in [0.05, 0.1) is 29.1 Å². The van der Waals surface area contributed by atoms with Gasteiger partial charge in [-0.25, -0.2) is 9.78 Å². The molecule has 2 aliphatic rings. The zero-order valence-corrected chi connectivity index (χ0v) is 19.5. The van der Waals surface area contributed by atoms with Crippen molar-refractivity contribution in [2.45, 2.75) is 50.3 Å². The number of carbonyl (C=O) groups excluding carboxylic acids is 2. The Labute approximate surface area is 202 Å². The van der Waals surface area contributed by atoms with Gasteiger partial charge in [0.1, 0.15) is 11.9 Å². The maximum atomic E-state index is 13.8. The van der Waals surface area contributed by atoms with Crippen molar-refractivity contribution in [1.82, 2.24) is 14.9 Å². The van der Waals surface area contributed by atoms with Gasteiger partial charge in [-0.3, -0.25) is 4.79 Å². The standard InChI is InChI=1S/C25H24ClN5O3/c1-28-24(33)34-17-13-25(14-17)18-6-2-3-7-20(18)31(23(25)32)15-22-29-19-12-16(26)8-9-21(19)30(22)11-5-4-10-27/h2-3,6-9,12,17H,4-5,11,13-15H2,1H3,(H,28,33). The first-order chi connectivity index (χ1) is 16.5. The van der Waals surface area contributed by atoms with Crippen molar-refractivity contribution in [3.05, 3.63) is 58.9 Å². The lowest BCUT2D eigenvalue weighted by molar-refractivity contribution is -0.131. The van der Waals surface area contributed by atoms with Crippen LogP contribution in [0, 0.1) is 11.3 Å². The number of carbonyl (C=O) groups is 2. The smallest absolute Gasteiger partial charge is 0.407 e. The van der Waals surface area contributed by atoms with Crippen LogP contribution in [-0.2, 0) is 28.0 Å². The van der Waals surface area contributed by atoms with Crippen LogP contribution in [0.5, 0.6) is 0 Å². The van der Waals surface area contributed by atoms with E-state index in [-0.39, 0.29) is 12.0 Å². The number of halogens is 1. The number of hydrogen-bond donors (Lipinski definition) is 1. The first-order valence-corrected chi connectivity index (χ1v) is 11.7. The Kier molecular flexibility index (Phi) is 5.66. The third-order valence-corrected chi connectivity index (χ3v) is 6.99. The highest BCUT2D eigenvalue weighted by atomic mass is 35.5. The van der Waals surface area contributed by atoms with Crippen molar-refractivity contribution in [3.8, 4) is 6.07 Å². The van der Waals surface area contributed by atoms with Gasteiger partial charge in [0.25, 0.3) is 0 Å². The maximum absolute atomic E-state index is 13.8. The first kappa shape index (κ1) is 22.2. The van der Waals surface area contributed by atoms with Crippen molar-refractivity contribution in [2.75, 3.05) is 11.9 Å². The van der Waals surface area contributed by atoms with Crippen molar-refractivity contribution in [2.24, 2.45) is 0 Å². The summed E-state index contributed by atoms with van der Waals surface area (Å²) < 4.78 is 7.46. The van der Waals surface area contributed by atoms with Crippen LogP contribution in [0.25, 0.3) is 11.0 Å². The molecule has 1 aliphatic heterocycles. The van der Waals surface area contributed by atoms with E-state index >= 15 is 0 Å². The third kappa shape index (κ3) is 3.57. The van der Waals surface area contributed by atoms with Crippen LogP contribution >= 0.6 is 11.6 Å². The molecule has 3 aromatic rings. The number of nitrogens with one attached hydrogen (secondary N) is 1. The largest absolute Gasteiger partial charge is 0.446 e. The van der Waals surface area contributed by atoms with Gasteiger partial charge in [-0.15, -0.1) is 0 Å². The lowest BCUT2D eigenvalue weighted by Crippen LogP contribution is -2.53. The lowest BCUT2D eigenvalue weighted by atomic mass is 9.63. The van der Waals surface area contributed by atoms with E-state index in [1.807, 2.05) is 42.5 Å². The van der Waals surface area contributed by atoms with Crippen molar-refractivity contribution in [3.63, 3.8) is 0 Å². The SMILES string of the molecule is CNC(=O)OC1CC2(C1)C(=O)N(Cc1nc3cc(Cl)ccc3n1CCCC#N)c1ccccc12. The zero-order valence-electron chi connectivity index (χ0n) is 18.8. The quantitative estimate of drug-likeness (QED) is 0.533. The number of amides is 2. The summed E-state index contributed by atoms with van der Waals surface area (Å²) in [6.45, 7) is 0.926. The summed E-state index contributed by atoms with van der Waals surface area (Å²) in [5, 5.41) is 12.0. The molecule has 0 radical (unpaired) electrons. The molecule has 2 heterocycles. The molecule has 8 nitrogen and oxygen atoms in total. The van der Waals surface area contributed by atoms with E-state index in [9.17, 15) is 9.59 Å². The second kappa shape index (κ2) is 8.65. The average Bonchev–Trinajstić information content (AvgIpc) is 3.26. The van der Waals surface area contributed by atoms with Crippen LogP contribution in [0.15, 0.2) is 42.5 Å². The Hall–Kier alpha value is -3.57. The van der Waals surface area contributed by atoms with Gasteiger partial charge < -0.3 is 19.5 Å². The maximum Gasteiger partial charge on any atom is 0.407 e. The number of aryl methyl sites for hydroxylation is 1. The number of nitrogens with zero attached hydrogens (tertiary/aromatic N) is 4. The van der Waals surface area contributed by atoms with Crippen LogP contribution in [0.2, 0.25) is 5.02 Å². The summed E-state index contributed by atoms with van der Waals surface area (Å²) in [5.41, 5.74) is 2.83. The second-order valence-corrected chi connectivity index (χ2v) is 9.19. The average molecular weight is 478 g/mol. The molecule has 0 atom stereocenters. The van der Waals surface area contributed by atoms with Gasteiger partial charge in [-0.2, -0.15) is 5.26 Å². The molecule has 1 fully saturated rings. The number of alkyl carbamates (subject to hydrolysis) is 1. The molecule has 5 rings (SSSR count). The summed E-state index contributed by atoms with van der Waals surface area (Å²) >= 11 is 6.19. The number of nitriles is 1. The number of imidazole rings is 1. The Morgan fingerprint density at radius 2 is 2.12 bits per heavy atom. The van der Waals surface area contributed by atoms with E-state index in [4.69, 9.17) is 26.6 Å². The fraction of sp³-hybridized carbons (Fsp3) is 0.360. The minimum absolute atomic E-state index is 0.000815. The number of benzene rings is 2. The number of anilines is 1. The van der Waals surface area contributed by atoms with E-state index in [1.54, 1.807) is 4.90 Å². The van der Waals surface area contributed by atoms with Crippen LogP contribution in [0.4, 0.5) is 10.5 Å². The molecule has 0 saturated heterocycles. The molecule has 1 N–H and O–H groups in total. The Balaban J connectivity index is 1.47. The van der Waals surface area contributed by atoms with E-state index < -0.39 is 11.5 Å². The number of hydrogen-bond acceptors (Lipinski definition) is 5. The van der Waals surface area contributed by atoms with E-state index in [0.717, 1.165) is 28.1 Å². The molecule has 9 heteroatoms. The highest BCUT2D eigenvalue weighted by Crippen LogP contribution is 2.54. The number of aromatic nitrogens is 2. The second-order valence-electron chi connectivity index (χ2n) is 8.75. The van der Waals surface area contributed by atoms with Gasteiger partial charge in [0.15, 0.2) is 0 Å². The van der Waals surface area contributed by atoms with Gasteiger partial charge in [-0.05, 0) is 36.2 Å². The predicted molar refractivity (Wildman–Crippen MR) is 127 cm³/mol. The van der Waals surface area contributed by atoms with Gasteiger partial charge in [0, 0.05) is 43.6 Å². The topological polar surface area (TPSA) is 100 Å².